The number of likely N-dealkylation sites (N-methyl/N-ethyl adjacent to an activating group) is 1. The largest absolute Gasteiger partial charge is 0.383 e. The number of fused-ring (bicyclic) bond motifs is 1. The van der Waals surface area contributed by atoms with Crippen LogP contribution in [0.4, 0.5) is 11.4 Å². The molecule has 104 valence electrons. The molecule has 19 heavy (non-hydrogen) atoms. The van der Waals surface area contributed by atoms with Crippen molar-refractivity contribution in [3.05, 3.63) is 22.2 Å². The van der Waals surface area contributed by atoms with Crippen molar-refractivity contribution in [2.24, 2.45) is 0 Å². The number of ether oxygens (including phenoxy) is 1. The summed E-state index contributed by atoms with van der Waals surface area (Å²) in [7, 11) is 1.67. The van der Waals surface area contributed by atoms with E-state index in [9.17, 15) is 9.90 Å². The molecule has 1 aromatic carbocycles. The summed E-state index contributed by atoms with van der Waals surface area (Å²) in [6, 6.07) is 3.68. The maximum absolute atomic E-state index is 11.5. The van der Waals surface area contributed by atoms with Crippen LogP contribution >= 0.6 is 15.9 Å². The first-order valence-corrected chi connectivity index (χ1v) is 6.94. The Labute approximate surface area is 120 Å². The standard InChI is InChI=1S/C13H17BrN2O3/c1-3-16(4-5-19-2)11-7-10-8(6-9(11)14)12(17)13(18)15-10/h6-7,12,17H,3-5H2,1-2H3,(H,15,18). The number of hydrogen-bond acceptors (Lipinski definition) is 4. The third-order valence-electron chi connectivity index (χ3n) is 3.21. The molecule has 2 N–H and O–H groups in total. The molecule has 0 radical (unpaired) electrons. The molecule has 6 heteroatoms. The fourth-order valence-electron chi connectivity index (χ4n) is 2.15. The first-order valence-electron chi connectivity index (χ1n) is 6.14. The molecule has 0 spiro atoms. The average molecular weight is 329 g/mol. The van der Waals surface area contributed by atoms with Gasteiger partial charge in [-0.1, -0.05) is 0 Å². The lowest BCUT2D eigenvalue weighted by Crippen LogP contribution is -2.27. The third kappa shape index (κ3) is 2.75. The van der Waals surface area contributed by atoms with E-state index in [4.69, 9.17) is 4.74 Å². The van der Waals surface area contributed by atoms with Crippen LogP contribution in [-0.2, 0) is 9.53 Å². The molecule has 1 amide bonds. The SMILES string of the molecule is CCN(CCOC)c1cc2c(cc1Br)C(O)C(=O)N2. The topological polar surface area (TPSA) is 61.8 Å². The average Bonchev–Trinajstić information content (AvgIpc) is 2.66. The zero-order valence-electron chi connectivity index (χ0n) is 10.9. The molecule has 1 aliphatic heterocycles. The van der Waals surface area contributed by atoms with E-state index in [0.717, 1.165) is 23.2 Å². The van der Waals surface area contributed by atoms with Gasteiger partial charge in [-0.25, -0.2) is 0 Å². The number of nitrogens with zero attached hydrogens (tertiary/aromatic N) is 1. The Bertz CT molecular complexity index is 493. The van der Waals surface area contributed by atoms with E-state index in [1.54, 1.807) is 13.2 Å². The lowest BCUT2D eigenvalue weighted by molar-refractivity contribution is -0.123. The van der Waals surface area contributed by atoms with Crippen LogP contribution in [0.25, 0.3) is 0 Å². The van der Waals surface area contributed by atoms with Gasteiger partial charge in [0.2, 0.25) is 0 Å². The highest BCUT2D eigenvalue weighted by Crippen LogP contribution is 2.38. The normalized spacial score (nSPS) is 17.3. The zero-order chi connectivity index (χ0) is 14.0. The van der Waals surface area contributed by atoms with Crippen LogP contribution in [0, 0.1) is 0 Å². The van der Waals surface area contributed by atoms with Gasteiger partial charge in [-0.2, -0.15) is 0 Å². The van der Waals surface area contributed by atoms with Gasteiger partial charge < -0.3 is 20.1 Å². The summed E-state index contributed by atoms with van der Waals surface area (Å²) >= 11 is 3.50. The molecule has 5 nitrogen and oxygen atoms in total. The van der Waals surface area contributed by atoms with Gasteiger partial charge in [0, 0.05) is 35.9 Å². The van der Waals surface area contributed by atoms with Crippen LogP contribution in [0.3, 0.4) is 0 Å². The number of carbonyl (C=O) groups is 1. The van der Waals surface area contributed by atoms with Gasteiger partial charge in [-0.3, -0.25) is 4.79 Å². The van der Waals surface area contributed by atoms with E-state index in [0.29, 0.717) is 17.9 Å². The Balaban J connectivity index is 2.32. The quantitative estimate of drug-likeness (QED) is 0.866. The number of benzene rings is 1. The molecule has 0 aliphatic carbocycles. The molecule has 1 atom stereocenters. The first-order chi connectivity index (χ1) is 9.08. The molecular formula is C13H17BrN2O3. The Hall–Kier alpha value is -1.11. The van der Waals surface area contributed by atoms with E-state index in [1.807, 2.05) is 6.07 Å². The van der Waals surface area contributed by atoms with Gasteiger partial charge >= 0.3 is 0 Å². The number of anilines is 2. The minimum absolute atomic E-state index is 0.376. The third-order valence-corrected chi connectivity index (χ3v) is 3.84. The molecule has 0 saturated carbocycles. The van der Waals surface area contributed by atoms with Crippen LogP contribution in [0.15, 0.2) is 16.6 Å². The predicted molar refractivity (Wildman–Crippen MR) is 77.5 cm³/mol. The fourth-order valence-corrected chi connectivity index (χ4v) is 2.76. The summed E-state index contributed by atoms with van der Waals surface area (Å²) in [5.74, 6) is -0.376. The Kier molecular flexibility index (Phi) is 4.44. The number of amides is 1. The van der Waals surface area contributed by atoms with Crippen molar-refractivity contribution in [1.29, 1.82) is 0 Å². The summed E-state index contributed by atoms with van der Waals surface area (Å²) in [6.45, 7) is 4.28. The van der Waals surface area contributed by atoms with Gasteiger partial charge in [-0.15, -0.1) is 0 Å². The van der Waals surface area contributed by atoms with Crippen molar-refractivity contribution < 1.29 is 14.6 Å². The molecule has 0 bridgehead atoms. The lowest BCUT2D eigenvalue weighted by atomic mass is 10.1. The lowest BCUT2D eigenvalue weighted by Gasteiger charge is -2.24. The summed E-state index contributed by atoms with van der Waals surface area (Å²) < 4.78 is 5.96. The van der Waals surface area contributed by atoms with Crippen LogP contribution in [0.1, 0.15) is 18.6 Å². The second-order valence-electron chi connectivity index (χ2n) is 4.36. The number of hydrogen-bond donors (Lipinski definition) is 2. The number of methoxy groups -OCH3 is 1. The fraction of sp³-hybridized carbons (Fsp3) is 0.462. The van der Waals surface area contributed by atoms with E-state index >= 15 is 0 Å². The predicted octanol–water partition coefficient (Wildman–Crippen LogP) is 1.91. The maximum Gasteiger partial charge on any atom is 0.257 e. The number of aliphatic hydroxyl groups is 1. The minimum Gasteiger partial charge on any atom is -0.383 e. The van der Waals surface area contributed by atoms with Gasteiger partial charge in [0.15, 0.2) is 6.10 Å². The molecule has 0 aromatic heterocycles. The number of carbonyl (C=O) groups excluding carboxylic acids is 1. The molecule has 1 aromatic rings. The van der Waals surface area contributed by atoms with E-state index in [2.05, 4.69) is 33.1 Å². The van der Waals surface area contributed by atoms with E-state index in [1.165, 1.54) is 0 Å². The van der Waals surface area contributed by atoms with Crippen LogP contribution in [0.5, 0.6) is 0 Å². The second-order valence-corrected chi connectivity index (χ2v) is 5.21. The van der Waals surface area contributed by atoms with Crippen LogP contribution in [0.2, 0.25) is 0 Å². The molecule has 0 fully saturated rings. The maximum atomic E-state index is 11.5. The molecule has 2 rings (SSSR count). The van der Waals surface area contributed by atoms with E-state index in [-0.39, 0.29) is 5.91 Å². The minimum atomic E-state index is -1.07. The van der Waals surface area contributed by atoms with Gasteiger partial charge in [-0.05, 0) is 35.0 Å². The second kappa shape index (κ2) is 5.90. The van der Waals surface area contributed by atoms with Crippen molar-refractivity contribution in [3.63, 3.8) is 0 Å². The number of aliphatic hydroxyl groups excluding tert-OH is 1. The highest BCUT2D eigenvalue weighted by atomic mass is 79.9. The Morgan fingerprint density at radius 2 is 2.26 bits per heavy atom. The first kappa shape index (κ1) is 14.3. The van der Waals surface area contributed by atoms with E-state index < -0.39 is 6.10 Å². The van der Waals surface area contributed by atoms with Gasteiger partial charge in [0.1, 0.15) is 0 Å². The van der Waals surface area contributed by atoms with Crippen molar-refractivity contribution in [3.8, 4) is 0 Å². The monoisotopic (exact) mass is 328 g/mol. The van der Waals surface area contributed by atoms with Crippen molar-refractivity contribution in [2.45, 2.75) is 13.0 Å². The number of nitrogens with one attached hydrogen (secondary N) is 1. The molecule has 1 heterocycles. The summed E-state index contributed by atoms with van der Waals surface area (Å²) in [6.07, 6.45) is -1.07. The Morgan fingerprint density at radius 1 is 1.53 bits per heavy atom. The molecule has 0 saturated heterocycles. The van der Waals surface area contributed by atoms with Crippen molar-refractivity contribution in [2.75, 3.05) is 37.0 Å². The smallest absolute Gasteiger partial charge is 0.257 e. The van der Waals surface area contributed by atoms with Gasteiger partial charge in [0.25, 0.3) is 5.91 Å². The highest BCUT2D eigenvalue weighted by Gasteiger charge is 2.30. The molecule has 1 unspecified atom stereocenters. The van der Waals surface area contributed by atoms with Crippen LogP contribution < -0.4 is 10.2 Å². The summed E-state index contributed by atoms with van der Waals surface area (Å²) in [5, 5.41) is 12.4. The van der Waals surface area contributed by atoms with Crippen LogP contribution in [-0.4, -0.2) is 37.8 Å². The molecular weight excluding hydrogens is 312 g/mol. The van der Waals surface area contributed by atoms with Gasteiger partial charge in [0.05, 0.1) is 12.3 Å². The highest BCUT2D eigenvalue weighted by molar-refractivity contribution is 9.10. The molecule has 1 aliphatic rings. The number of rotatable bonds is 5. The van der Waals surface area contributed by atoms with Crippen molar-refractivity contribution in [1.82, 2.24) is 0 Å². The Morgan fingerprint density at radius 3 is 2.89 bits per heavy atom. The van der Waals surface area contributed by atoms with Crippen molar-refractivity contribution >= 4 is 33.2 Å². The summed E-state index contributed by atoms with van der Waals surface area (Å²) in [4.78, 5) is 13.6. The zero-order valence-corrected chi connectivity index (χ0v) is 12.5. The summed E-state index contributed by atoms with van der Waals surface area (Å²) in [5.41, 5.74) is 2.27. The number of halogens is 1.